The zero-order valence-electron chi connectivity index (χ0n) is 15.4. The first-order valence-corrected chi connectivity index (χ1v) is 10.1. The van der Waals surface area contributed by atoms with Gasteiger partial charge < -0.3 is 10.4 Å². The molecule has 0 saturated heterocycles. The lowest BCUT2D eigenvalue weighted by atomic mass is 10.1. The van der Waals surface area contributed by atoms with Crippen molar-refractivity contribution in [2.75, 3.05) is 10.0 Å². The summed E-state index contributed by atoms with van der Waals surface area (Å²) in [5, 5.41) is 11.8. The Morgan fingerprint density at radius 1 is 0.793 bits per heavy atom. The Balaban J connectivity index is 1.73. The Bertz CT molecular complexity index is 1150. The van der Waals surface area contributed by atoms with Gasteiger partial charge in [-0.1, -0.05) is 29.8 Å². The molecule has 0 radical (unpaired) electrons. The van der Waals surface area contributed by atoms with Crippen LogP contribution in [0.1, 0.15) is 26.3 Å². The third-order valence-electron chi connectivity index (χ3n) is 4.13. The van der Waals surface area contributed by atoms with Gasteiger partial charge in [-0.05, 0) is 55.5 Å². The number of carbonyl (C=O) groups is 2. The van der Waals surface area contributed by atoms with Gasteiger partial charge in [-0.2, -0.15) is 0 Å². The number of aromatic carboxylic acids is 1. The monoisotopic (exact) mass is 410 g/mol. The number of anilines is 2. The van der Waals surface area contributed by atoms with Crippen molar-refractivity contribution in [2.24, 2.45) is 0 Å². The molecule has 0 heterocycles. The summed E-state index contributed by atoms with van der Waals surface area (Å²) in [7, 11) is -3.73. The van der Waals surface area contributed by atoms with Crippen LogP contribution in [0.4, 0.5) is 11.4 Å². The Labute approximate surface area is 168 Å². The number of hydrogen-bond acceptors (Lipinski definition) is 4. The number of carbonyl (C=O) groups excluding carboxylic acids is 1. The molecule has 3 N–H and O–H groups in total. The maximum absolute atomic E-state index is 12.4. The molecule has 0 aromatic heterocycles. The first-order chi connectivity index (χ1) is 13.8. The highest BCUT2D eigenvalue weighted by atomic mass is 32.2. The largest absolute Gasteiger partial charge is 0.478 e. The average Bonchev–Trinajstić information content (AvgIpc) is 2.69. The van der Waals surface area contributed by atoms with Crippen LogP contribution in [0, 0.1) is 6.92 Å². The molecule has 0 spiro atoms. The van der Waals surface area contributed by atoms with Gasteiger partial charge in [0.2, 0.25) is 0 Å². The van der Waals surface area contributed by atoms with Crippen LogP contribution < -0.4 is 10.0 Å². The number of benzene rings is 3. The maximum Gasteiger partial charge on any atom is 0.336 e. The van der Waals surface area contributed by atoms with Gasteiger partial charge in [0.1, 0.15) is 0 Å². The number of aryl methyl sites for hydroxylation is 1. The van der Waals surface area contributed by atoms with E-state index in [1.165, 1.54) is 54.6 Å². The van der Waals surface area contributed by atoms with Crippen molar-refractivity contribution in [2.45, 2.75) is 11.8 Å². The quantitative estimate of drug-likeness (QED) is 0.573. The Kier molecular flexibility index (Phi) is 5.65. The predicted octanol–water partition coefficient (Wildman–Crippen LogP) is 3.75. The normalized spacial score (nSPS) is 10.9. The number of rotatable bonds is 6. The van der Waals surface area contributed by atoms with Crippen LogP contribution in [0.15, 0.2) is 77.7 Å². The number of nitrogens with one attached hydrogen (secondary N) is 2. The maximum atomic E-state index is 12.4. The molecule has 1 amide bonds. The lowest BCUT2D eigenvalue weighted by molar-refractivity contribution is 0.0692. The molecule has 0 aliphatic rings. The van der Waals surface area contributed by atoms with Gasteiger partial charge in [-0.15, -0.1) is 0 Å². The first-order valence-electron chi connectivity index (χ1n) is 8.59. The van der Waals surface area contributed by atoms with Crippen molar-refractivity contribution in [1.82, 2.24) is 0 Å². The van der Waals surface area contributed by atoms with Crippen molar-refractivity contribution in [3.05, 3.63) is 89.5 Å². The first kappa shape index (κ1) is 20.1. The van der Waals surface area contributed by atoms with Crippen LogP contribution in [0.3, 0.4) is 0 Å². The molecule has 148 valence electrons. The second-order valence-electron chi connectivity index (χ2n) is 6.30. The summed E-state index contributed by atoms with van der Waals surface area (Å²) in [5.74, 6) is -1.77. The van der Waals surface area contributed by atoms with Crippen LogP contribution in [-0.4, -0.2) is 25.4 Å². The molecule has 0 unspecified atom stereocenters. The van der Waals surface area contributed by atoms with E-state index in [-0.39, 0.29) is 16.0 Å². The average molecular weight is 410 g/mol. The van der Waals surface area contributed by atoms with E-state index in [4.69, 9.17) is 0 Å². The molecule has 3 aromatic rings. The van der Waals surface area contributed by atoms with E-state index in [1.54, 1.807) is 18.2 Å². The fraction of sp³-hybridized carbons (Fsp3) is 0.0476. The molecule has 0 aliphatic carbocycles. The summed E-state index contributed by atoms with van der Waals surface area (Å²) in [6, 6.07) is 18.4. The number of hydrogen-bond donors (Lipinski definition) is 3. The standard InChI is InChI=1S/C21H18N2O5S/c1-14-6-12-17(13-7-14)29(27,28)23-16-10-8-15(9-11-16)22-20(24)18-4-2-3-5-19(18)21(25)26/h2-13,23H,1H3,(H,22,24)(H,25,26). The lowest BCUT2D eigenvalue weighted by Gasteiger charge is -2.10. The molecule has 29 heavy (non-hydrogen) atoms. The van der Waals surface area contributed by atoms with Gasteiger partial charge in [-0.25, -0.2) is 13.2 Å². The minimum atomic E-state index is -3.73. The minimum absolute atomic E-state index is 0.0316. The molecule has 0 atom stereocenters. The van der Waals surface area contributed by atoms with E-state index in [9.17, 15) is 23.1 Å². The second-order valence-corrected chi connectivity index (χ2v) is 7.98. The fourth-order valence-corrected chi connectivity index (χ4v) is 3.68. The van der Waals surface area contributed by atoms with Crippen LogP contribution in [0.5, 0.6) is 0 Å². The lowest BCUT2D eigenvalue weighted by Crippen LogP contribution is -2.16. The predicted molar refractivity (Wildman–Crippen MR) is 110 cm³/mol. The van der Waals surface area contributed by atoms with Crippen molar-refractivity contribution >= 4 is 33.3 Å². The van der Waals surface area contributed by atoms with Gasteiger partial charge in [0, 0.05) is 11.4 Å². The summed E-state index contributed by atoms with van der Waals surface area (Å²) < 4.78 is 27.3. The van der Waals surface area contributed by atoms with E-state index in [0.29, 0.717) is 11.4 Å². The number of sulfonamides is 1. The molecule has 3 rings (SSSR count). The summed E-state index contributed by atoms with van der Waals surface area (Å²) in [4.78, 5) is 23.8. The highest BCUT2D eigenvalue weighted by Gasteiger charge is 2.16. The van der Waals surface area contributed by atoms with Crippen molar-refractivity contribution in [3.63, 3.8) is 0 Å². The van der Waals surface area contributed by atoms with Crippen LogP contribution in [0.2, 0.25) is 0 Å². The SMILES string of the molecule is Cc1ccc(S(=O)(=O)Nc2ccc(NC(=O)c3ccccc3C(=O)O)cc2)cc1. The van der Waals surface area contributed by atoms with Crippen molar-refractivity contribution in [1.29, 1.82) is 0 Å². The van der Waals surface area contributed by atoms with Gasteiger partial charge in [0.25, 0.3) is 15.9 Å². The Morgan fingerprint density at radius 3 is 1.93 bits per heavy atom. The highest BCUT2D eigenvalue weighted by molar-refractivity contribution is 7.92. The van der Waals surface area contributed by atoms with Crippen molar-refractivity contribution < 1.29 is 23.1 Å². The number of amides is 1. The topological polar surface area (TPSA) is 113 Å². The number of carboxylic acids is 1. The molecule has 0 aliphatic heterocycles. The molecule has 7 nitrogen and oxygen atoms in total. The smallest absolute Gasteiger partial charge is 0.336 e. The summed E-state index contributed by atoms with van der Waals surface area (Å²) in [6.07, 6.45) is 0. The van der Waals surface area contributed by atoms with Gasteiger partial charge in [0.15, 0.2) is 0 Å². The molecular weight excluding hydrogens is 392 g/mol. The number of carboxylic acid groups (broad SMARTS) is 1. The summed E-state index contributed by atoms with van der Waals surface area (Å²) in [6.45, 7) is 1.87. The summed E-state index contributed by atoms with van der Waals surface area (Å²) >= 11 is 0. The summed E-state index contributed by atoms with van der Waals surface area (Å²) in [5.41, 5.74) is 1.60. The van der Waals surface area contributed by atoms with E-state index in [1.807, 2.05) is 6.92 Å². The zero-order chi connectivity index (χ0) is 21.0. The van der Waals surface area contributed by atoms with Gasteiger partial charge in [0.05, 0.1) is 16.0 Å². The van der Waals surface area contributed by atoms with Crippen LogP contribution in [-0.2, 0) is 10.0 Å². The third-order valence-corrected chi connectivity index (χ3v) is 5.53. The Hall–Kier alpha value is -3.65. The minimum Gasteiger partial charge on any atom is -0.478 e. The molecule has 0 saturated carbocycles. The van der Waals surface area contributed by atoms with Crippen LogP contribution >= 0.6 is 0 Å². The van der Waals surface area contributed by atoms with Crippen LogP contribution in [0.25, 0.3) is 0 Å². The van der Waals surface area contributed by atoms with E-state index in [0.717, 1.165) is 5.56 Å². The fourth-order valence-electron chi connectivity index (χ4n) is 2.62. The van der Waals surface area contributed by atoms with E-state index in [2.05, 4.69) is 10.0 Å². The second kappa shape index (κ2) is 8.15. The van der Waals surface area contributed by atoms with Gasteiger partial charge in [-0.3, -0.25) is 9.52 Å². The van der Waals surface area contributed by atoms with Gasteiger partial charge >= 0.3 is 5.97 Å². The van der Waals surface area contributed by atoms with Crippen molar-refractivity contribution in [3.8, 4) is 0 Å². The van der Waals surface area contributed by atoms with E-state index < -0.39 is 21.9 Å². The molecule has 0 bridgehead atoms. The molecular formula is C21H18N2O5S. The molecule has 3 aromatic carbocycles. The highest BCUT2D eigenvalue weighted by Crippen LogP contribution is 2.20. The molecule has 8 heteroatoms. The Morgan fingerprint density at radius 2 is 1.34 bits per heavy atom. The van der Waals surface area contributed by atoms with E-state index >= 15 is 0 Å². The zero-order valence-corrected chi connectivity index (χ0v) is 16.2. The molecule has 0 fully saturated rings. The third kappa shape index (κ3) is 4.80.